The number of carbonyl (C=O) groups is 2. The number of hydrogen-bond acceptors (Lipinski definition) is 5. The van der Waals surface area contributed by atoms with E-state index in [1.54, 1.807) is 6.92 Å². The van der Waals surface area contributed by atoms with E-state index in [2.05, 4.69) is 5.32 Å². The third-order valence-electron chi connectivity index (χ3n) is 3.61. The number of ether oxygens (including phenoxy) is 1. The smallest absolute Gasteiger partial charge is 0.328 e. The average molecular weight is 322 g/mol. The normalized spacial score (nSPS) is 13.0. The summed E-state index contributed by atoms with van der Waals surface area (Å²) in [5.41, 5.74) is 0.890. The number of nitrogens with zero attached hydrogens (tertiary/aromatic N) is 1. The maximum absolute atomic E-state index is 12.3. The van der Waals surface area contributed by atoms with Crippen LogP contribution in [-0.2, 0) is 20.7 Å². The van der Waals surface area contributed by atoms with Crippen molar-refractivity contribution in [3.8, 4) is 0 Å². The lowest BCUT2D eigenvalue weighted by Crippen LogP contribution is -2.45. The molecule has 1 aromatic carbocycles. The zero-order valence-electron chi connectivity index (χ0n) is 13.4. The highest BCUT2D eigenvalue weighted by Gasteiger charge is 2.26. The first-order valence-corrected chi connectivity index (χ1v) is 7.51. The molecule has 0 heterocycles. The first-order valence-electron chi connectivity index (χ1n) is 7.51. The van der Waals surface area contributed by atoms with E-state index in [4.69, 9.17) is 4.74 Å². The summed E-state index contributed by atoms with van der Waals surface area (Å²) in [6.07, 6.45) is 0.929. The second-order valence-corrected chi connectivity index (χ2v) is 5.22. The van der Waals surface area contributed by atoms with Crippen LogP contribution in [0.5, 0.6) is 0 Å². The zero-order chi connectivity index (χ0) is 17.2. The van der Waals surface area contributed by atoms with Crippen molar-refractivity contribution in [3.63, 3.8) is 0 Å². The molecule has 0 saturated carbocycles. The van der Waals surface area contributed by atoms with Crippen LogP contribution in [-0.4, -0.2) is 36.5 Å². The molecule has 0 fully saturated rings. The van der Waals surface area contributed by atoms with Crippen LogP contribution in [0.25, 0.3) is 0 Å². The maximum Gasteiger partial charge on any atom is 0.328 e. The van der Waals surface area contributed by atoms with E-state index in [0.717, 1.165) is 5.56 Å². The van der Waals surface area contributed by atoms with Crippen LogP contribution in [0.3, 0.4) is 0 Å². The largest absolute Gasteiger partial charge is 0.467 e. The molecule has 0 aliphatic heterocycles. The fourth-order valence-corrected chi connectivity index (χ4v) is 2.26. The van der Waals surface area contributed by atoms with Gasteiger partial charge in [-0.2, -0.15) is 0 Å². The fourth-order valence-electron chi connectivity index (χ4n) is 2.26. The number of carbonyl (C=O) groups excluding carboxylic acids is 2. The summed E-state index contributed by atoms with van der Waals surface area (Å²) >= 11 is 0. The molecule has 7 nitrogen and oxygen atoms in total. The maximum atomic E-state index is 12.3. The molecular formula is C16H22N2O5. The Morgan fingerprint density at radius 2 is 1.96 bits per heavy atom. The SMILES string of the molecule is CC[C@H](CC[N+](=O)[O-])C(=O)N[C@@H](Cc1ccccc1)C(=O)OC. The minimum Gasteiger partial charge on any atom is -0.467 e. The van der Waals surface area contributed by atoms with Gasteiger partial charge >= 0.3 is 5.97 Å². The molecule has 0 radical (unpaired) electrons. The molecule has 1 amide bonds. The molecule has 0 aliphatic carbocycles. The van der Waals surface area contributed by atoms with Crippen LogP contribution in [0.1, 0.15) is 25.3 Å². The third kappa shape index (κ3) is 6.46. The molecule has 0 aromatic heterocycles. The monoisotopic (exact) mass is 322 g/mol. The van der Waals surface area contributed by atoms with Gasteiger partial charge in [0, 0.05) is 23.7 Å². The lowest BCUT2D eigenvalue weighted by atomic mass is 9.99. The number of nitrogens with one attached hydrogen (secondary N) is 1. The molecule has 7 heteroatoms. The number of methoxy groups -OCH3 is 1. The molecule has 126 valence electrons. The van der Waals surface area contributed by atoms with Crippen molar-refractivity contribution in [3.05, 3.63) is 46.0 Å². The van der Waals surface area contributed by atoms with Crippen LogP contribution in [0.15, 0.2) is 30.3 Å². The van der Waals surface area contributed by atoms with Crippen molar-refractivity contribution in [2.75, 3.05) is 13.7 Å². The van der Waals surface area contributed by atoms with Crippen molar-refractivity contribution >= 4 is 11.9 Å². The van der Waals surface area contributed by atoms with Crippen molar-refractivity contribution in [2.24, 2.45) is 5.92 Å². The quantitative estimate of drug-likeness (QED) is 0.423. The topological polar surface area (TPSA) is 98.5 Å². The predicted molar refractivity (Wildman–Crippen MR) is 84.4 cm³/mol. The van der Waals surface area contributed by atoms with Crippen molar-refractivity contribution in [1.29, 1.82) is 0 Å². The molecule has 23 heavy (non-hydrogen) atoms. The van der Waals surface area contributed by atoms with E-state index in [-0.39, 0.29) is 18.9 Å². The van der Waals surface area contributed by atoms with E-state index in [9.17, 15) is 19.7 Å². The van der Waals surface area contributed by atoms with Crippen LogP contribution in [0.4, 0.5) is 0 Å². The average Bonchev–Trinajstić information content (AvgIpc) is 2.54. The Morgan fingerprint density at radius 3 is 2.48 bits per heavy atom. The van der Waals surface area contributed by atoms with E-state index >= 15 is 0 Å². The fraction of sp³-hybridized carbons (Fsp3) is 0.500. The third-order valence-corrected chi connectivity index (χ3v) is 3.61. The van der Waals surface area contributed by atoms with Gasteiger partial charge in [0.1, 0.15) is 6.04 Å². The van der Waals surface area contributed by atoms with Gasteiger partial charge in [0.15, 0.2) is 0 Å². The van der Waals surface area contributed by atoms with Gasteiger partial charge in [-0.1, -0.05) is 37.3 Å². The van der Waals surface area contributed by atoms with E-state index in [0.29, 0.717) is 12.8 Å². The number of benzene rings is 1. The van der Waals surface area contributed by atoms with E-state index in [1.807, 2.05) is 30.3 Å². The van der Waals surface area contributed by atoms with Gasteiger partial charge in [-0.15, -0.1) is 0 Å². The number of nitro groups is 1. The molecule has 2 atom stereocenters. The highest BCUT2D eigenvalue weighted by atomic mass is 16.6. The molecule has 1 aromatic rings. The first kappa shape index (κ1) is 18.6. The Hall–Kier alpha value is -2.44. The van der Waals surface area contributed by atoms with Gasteiger partial charge in [0.25, 0.3) is 0 Å². The van der Waals surface area contributed by atoms with E-state index in [1.165, 1.54) is 7.11 Å². The molecule has 0 bridgehead atoms. The summed E-state index contributed by atoms with van der Waals surface area (Å²) in [6.45, 7) is 1.52. The minimum atomic E-state index is -0.806. The van der Waals surface area contributed by atoms with Crippen molar-refractivity contribution in [1.82, 2.24) is 5.32 Å². The van der Waals surface area contributed by atoms with Crippen molar-refractivity contribution in [2.45, 2.75) is 32.2 Å². The Balaban J connectivity index is 2.73. The Bertz CT molecular complexity index is 533. The van der Waals surface area contributed by atoms with E-state index < -0.39 is 22.9 Å². The van der Waals surface area contributed by atoms with Gasteiger partial charge in [-0.05, 0) is 12.0 Å². The standard InChI is InChI=1S/C16H22N2O5/c1-3-13(9-10-18(21)22)15(19)17-14(16(20)23-2)11-12-7-5-4-6-8-12/h4-8,13-14H,3,9-11H2,1-2H3,(H,17,19)/t13-,14+/m1/s1. The summed E-state index contributed by atoms with van der Waals surface area (Å²) in [5.74, 6) is -1.39. The summed E-state index contributed by atoms with van der Waals surface area (Å²) in [4.78, 5) is 34.2. The van der Waals surface area contributed by atoms with Crippen LogP contribution in [0.2, 0.25) is 0 Å². The van der Waals surface area contributed by atoms with Gasteiger partial charge in [0.2, 0.25) is 12.5 Å². The molecule has 1 rings (SSSR count). The Morgan fingerprint density at radius 1 is 1.30 bits per heavy atom. The Kier molecular flexibility index (Phi) is 7.73. The molecule has 0 unspecified atom stereocenters. The first-order chi connectivity index (χ1) is 11.0. The van der Waals surface area contributed by atoms with Gasteiger partial charge in [0.05, 0.1) is 7.11 Å². The second kappa shape index (κ2) is 9.55. The predicted octanol–water partition coefficient (Wildman–Crippen LogP) is 1.58. The Labute approximate surface area is 135 Å². The van der Waals surface area contributed by atoms with Gasteiger partial charge < -0.3 is 10.1 Å². The molecular weight excluding hydrogens is 300 g/mol. The number of esters is 1. The van der Waals surface area contributed by atoms with Gasteiger partial charge in [-0.25, -0.2) is 4.79 Å². The highest BCUT2D eigenvalue weighted by molar-refractivity contribution is 5.85. The molecule has 0 saturated heterocycles. The van der Waals surface area contributed by atoms with Crippen LogP contribution >= 0.6 is 0 Å². The summed E-state index contributed by atoms with van der Waals surface area (Å²) in [6, 6.07) is 8.45. The second-order valence-electron chi connectivity index (χ2n) is 5.22. The molecule has 1 N–H and O–H groups in total. The molecule has 0 spiro atoms. The lowest BCUT2D eigenvalue weighted by Gasteiger charge is -2.20. The van der Waals surface area contributed by atoms with Crippen molar-refractivity contribution < 1.29 is 19.2 Å². The minimum absolute atomic E-state index is 0.147. The number of rotatable bonds is 9. The highest BCUT2D eigenvalue weighted by Crippen LogP contribution is 2.11. The number of hydrogen-bond donors (Lipinski definition) is 1. The summed E-state index contributed by atoms with van der Waals surface area (Å²) in [5, 5.41) is 13.1. The zero-order valence-corrected chi connectivity index (χ0v) is 13.4. The van der Waals surface area contributed by atoms with Crippen LogP contribution in [0, 0.1) is 16.0 Å². The van der Waals surface area contributed by atoms with Crippen LogP contribution < -0.4 is 5.32 Å². The number of amides is 1. The lowest BCUT2D eigenvalue weighted by molar-refractivity contribution is -0.481. The molecule has 0 aliphatic rings. The summed E-state index contributed by atoms with van der Waals surface area (Å²) < 4.78 is 4.74. The summed E-state index contributed by atoms with van der Waals surface area (Å²) in [7, 11) is 1.26. The van der Waals surface area contributed by atoms with Gasteiger partial charge in [-0.3, -0.25) is 14.9 Å².